The van der Waals surface area contributed by atoms with Crippen LogP contribution >= 0.6 is 11.6 Å². The minimum absolute atomic E-state index is 0.117. The van der Waals surface area contributed by atoms with Crippen molar-refractivity contribution >= 4 is 23.3 Å². The van der Waals surface area contributed by atoms with Crippen molar-refractivity contribution < 1.29 is 14.6 Å². The fourth-order valence-electron chi connectivity index (χ4n) is 2.42. The van der Waals surface area contributed by atoms with Crippen LogP contribution in [0.15, 0.2) is 42.5 Å². The molecule has 2 aromatic carbocycles. The lowest BCUT2D eigenvalue weighted by Crippen LogP contribution is -2.25. The first-order valence-electron chi connectivity index (χ1n) is 6.63. The van der Waals surface area contributed by atoms with Gasteiger partial charge in [-0.1, -0.05) is 29.8 Å². The maximum atomic E-state index is 11.0. The summed E-state index contributed by atoms with van der Waals surface area (Å²) in [6.45, 7) is 2.01. The molecule has 1 N–H and O–H groups in total. The molecule has 0 unspecified atom stereocenters. The van der Waals surface area contributed by atoms with E-state index in [4.69, 9.17) is 21.4 Å². The Morgan fingerprint density at radius 2 is 2.05 bits per heavy atom. The third-order valence-electron chi connectivity index (χ3n) is 3.50. The lowest BCUT2D eigenvalue weighted by molar-refractivity contribution is 0.0697. The van der Waals surface area contributed by atoms with Gasteiger partial charge in [-0.05, 0) is 24.3 Å². The fourth-order valence-corrected chi connectivity index (χ4v) is 2.68. The van der Waals surface area contributed by atoms with E-state index >= 15 is 0 Å². The number of hydrogen-bond acceptors (Lipinski definition) is 3. The number of nitrogens with zero attached hydrogens (tertiary/aromatic N) is 1. The number of carbonyl (C=O) groups is 1. The number of aromatic carboxylic acids is 1. The van der Waals surface area contributed by atoms with Crippen LogP contribution in [0.4, 0.5) is 5.69 Å². The van der Waals surface area contributed by atoms with Crippen LogP contribution < -0.4 is 9.64 Å². The summed E-state index contributed by atoms with van der Waals surface area (Å²) in [5, 5.41) is 9.27. The van der Waals surface area contributed by atoms with Gasteiger partial charge in [-0.15, -0.1) is 0 Å². The summed E-state index contributed by atoms with van der Waals surface area (Å²) in [5.41, 5.74) is 2.12. The number of carboxylic acid groups (broad SMARTS) is 1. The SMILES string of the molecule is O=C(O)c1ccc(N2CCOc3ccccc3C2)cc1Cl. The Balaban J connectivity index is 1.91. The number of ether oxygens (including phenoxy) is 1. The summed E-state index contributed by atoms with van der Waals surface area (Å²) in [6, 6.07) is 12.9. The Kier molecular flexibility index (Phi) is 3.71. The van der Waals surface area contributed by atoms with Crippen LogP contribution in [0.25, 0.3) is 0 Å². The molecule has 0 fully saturated rings. The molecule has 0 saturated heterocycles. The molecular formula is C16H14ClNO3. The zero-order chi connectivity index (χ0) is 14.8. The van der Waals surface area contributed by atoms with Crippen LogP contribution in [0, 0.1) is 0 Å². The van der Waals surface area contributed by atoms with E-state index in [1.54, 1.807) is 12.1 Å². The monoisotopic (exact) mass is 303 g/mol. The molecule has 2 aromatic rings. The highest BCUT2D eigenvalue weighted by atomic mass is 35.5. The second kappa shape index (κ2) is 5.66. The highest BCUT2D eigenvalue weighted by Gasteiger charge is 2.17. The molecule has 1 aliphatic heterocycles. The Morgan fingerprint density at radius 1 is 1.24 bits per heavy atom. The molecule has 4 nitrogen and oxygen atoms in total. The zero-order valence-corrected chi connectivity index (χ0v) is 12.0. The van der Waals surface area contributed by atoms with Gasteiger partial charge < -0.3 is 14.7 Å². The van der Waals surface area contributed by atoms with Crippen molar-refractivity contribution in [3.8, 4) is 5.75 Å². The molecule has 21 heavy (non-hydrogen) atoms. The average Bonchev–Trinajstić information content (AvgIpc) is 2.68. The van der Waals surface area contributed by atoms with E-state index in [1.807, 2.05) is 24.3 Å². The maximum absolute atomic E-state index is 11.0. The van der Waals surface area contributed by atoms with Gasteiger partial charge in [0.25, 0.3) is 0 Å². The number of anilines is 1. The summed E-state index contributed by atoms with van der Waals surface area (Å²) in [4.78, 5) is 13.1. The standard InChI is InChI=1S/C16H14ClNO3/c17-14-9-12(5-6-13(14)16(19)20)18-7-8-21-15-4-2-1-3-11(15)10-18/h1-6,9H,7-8,10H2,(H,19,20). The van der Waals surface area contributed by atoms with Gasteiger partial charge in [0.05, 0.1) is 17.1 Å². The molecule has 0 saturated carbocycles. The average molecular weight is 304 g/mol. The molecule has 0 bridgehead atoms. The highest BCUT2D eigenvalue weighted by Crippen LogP contribution is 2.28. The predicted molar refractivity (Wildman–Crippen MR) is 81.4 cm³/mol. The van der Waals surface area contributed by atoms with Crippen molar-refractivity contribution in [2.45, 2.75) is 6.54 Å². The van der Waals surface area contributed by atoms with Gasteiger partial charge >= 0.3 is 5.97 Å². The third-order valence-corrected chi connectivity index (χ3v) is 3.81. The molecule has 0 radical (unpaired) electrons. The van der Waals surface area contributed by atoms with Gasteiger partial charge in [0.15, 0.2) is 0 Å². The number of benzene rings is 2. The first-order valence-corrected chi connectivity index (χ1v) is 7.01. The molecule has 0 atom stereocenters. The van der Waals surface area contributed by atoms with Gasteiger partial charge in [-0.25, -0.2) is 4.79 Å². The maximum Gasteiger partial charge on any atom is 0.337 e. The van der Waals surface area contributed by atoms with Crippen LogP contribution in [-0.4, -0.2) is 24.2 Å². The third kappa shape index (κ3) is 2.81. The normalized spacial score (nSPS) is 14.0. The van der Waals surface area contributed by atoms with Crippen LogP contribution in [0.5, 0.6) is 5.75 Å². The van der Waals surface area contributed by atoms with Crippen molar-refractivity contribution in [3.63, 3.8) is 0 Å². The van der Waals surface area contributed by atoms with Gasteiger partial charge in [-0.3, -0.25) is 0 Å². The van der Waals surface area contributed by atoms with Crippen molar-refractivity contribution in [1.29, 1.82) is 0 Å². The predicted octanol–water partition coefficient (Wildman–Crippen LogP) is 3.44. The highest BCUT2D eigenvalue weighted by molar-refractivity contribution is 6.33. The molecule has 1 heterocycles. The molecule has 0 amide bonds. The summed E-state index contributed by atoms with van der Waals surface area (Å²) >= 11 is 6.05. The number of fused-ring (bicyclic) bond motifs is 1. The molecule has 108 valence electrons. The smallest absolute Gasteiger partial charge is 0.337 e. The van der Waals surface area contributed by atoms with Gasteiger partial charge in [0.1, 0.15) is 12.4 Å². The first-order chi connectivity index (χ1) is 10.1. The summed E-state index contributed by atoms with van der Waals surface area (Å²) in [6.07, 6.45) is 0. The summed E-state index contributed by atoms with van der Waals surface area (Å²) < 4.78 is 5.72. The zero-order valence-electron chi connectivity index (χ0n) is 11.3. The molecule has 0 spiro atoms. The van der Waals surface area contributed by atoms with Gasteiger partial charge in [0, 0.05) is 17.8 Å². The van der Waals surface area contributed by atoms with Crippen LogP contribution in [0.3, 0.4) is 0 Å². The minimum atomic E-state index is -1.02. The van der Waals surface area contributed by atoms with Crippen molar-refractivity contribution in [2.24, 2.45) is 0 Å². The fraction of sp³-hybridized carbons (Fsp3) is 0.188. The Bertz CT molecular complexity index is 687. The molecule has 1 aliphatic rings. The van der Waals surface area contributed by atoms with Crippen molar-refractivity contribution in [2.75, 3.05) is 18.1 Å². The van der Waals surface area contributed by atoms with Crippen LogP contribution in [0.2, 0.25) is 5.02 Å². The van der Waals surface area contributed by atoms with Gasteiger partial charge in [-0.2, -0.15) is 0 Å². The molecule has 0 aliphatic carbocycles. The van der Waals surface area contributed by atoms with E-state index < -0.39 is 5.97 Å². The Hall–Kier alpha value is -2.20. The number of para-hydroxylation sites is 1. The largest absolute Gasteiger partial charge is 0.491 e. The second-order valence-corrected chi connectivity index (χ2v) is 5.25. The van der Waals surface area contributed by atoms with E-state index in [0.717, 1.165) is 23.5 Å². The van der Waals surface area contributed by atoms with E-state index in [2.05, 4.69) is 4.90 Å². The minimum Gasteiger partial charge on any atom is -0.491 e. The van der Waals surface area contributed by atoms with E-state index in [0.29, 0.717) is 13.2 Å². The Labute approximate surface area is 127 Å². The van der Waals surface area contributed by atoms with Crippen molar-refractivity contribution in [3.05, 3.63) is 58.6 Å². The van der Waals surface area contributed by atoms with E-state index in [9.17, 15) is 4.79 Å². The van der Waals surface area contributed by atoms with Crippen molar-refractivity contribution in [1.82, 2.24) is 0 Å². The summed E-state index contributed by atoms with van der Waals surface area (Å²) in [5.74, 6) is -0.121. The first kappa shape index (κ1) is 13.8. The van der Waals surface area contributed by atoms with Gasteiger partial charge in [0.2, 0.25) is 0 Å². The molecule has 5 heteroatoms. The van der Waals surface area contributed by atoms with Crippen LogP contribution in [0.1, 0.15) is 15.9 Å². The quantitative estimate of drug-likeness (QED) is 0.923. The van der Waals surface area contributed by atoms with E-state index in [1.165, 1.54) is 6.07 Å². The number of hydrogen-bond donors (Lipinski definition) is 1. The topological polar surface area (TPSA) is 49.8 Å². The lowest BCUT2D eigenvalue weighted by atomic mass is 10.1. The summed E-state index contributed by atoms with van der Waals surface area (Å²) in [7, 11) is 0. The molecule has 3 rings (SSSR count). The van der Waals surface area contributed by atoms with Crippen LogP contribution in [-0.2, 0) is 6.54 Å². The number of halogens is 1. The molecular weight excluding hydrogens is 290 g/mol. The Morgan fingerprint density at radius 3 is 2.81 bits per heavy atom. The second-order valence-electron chi connectivity index (χ2n) is 4.85. The number of carboxylic acids is 1. The number of rotatable bonds is 2. The lowest BCUT2D eigenvalue weighted by Gasteiger charge is -2.22. The molecule has 0 aromatic heterocycles. The van der Waals surface area contributed by atoms with E-state index in [-0.39, 0.29) is 10.6 Å².